The highest BCUT2D eigenvalue weighted by atomic mass is 32.2. The summed E-state index contributed by atoms with van der Waals surface area (Å²) >= 11 is 0. The number of H-pyrrole nitrogens is 2. The van der Waals surface area contributed by atoms with Gasteiger partial charge in [-0.05, 0) is 24.6 Å². The monoisotopic (exact) mass is 299 g/mol. The van der Waals surface area contributed by atoms with E-state index in [9.17, 15) is 18.0 Å². The summed E-state index contributed by atoms with van der Waals surface area (Å²) in [4.78, 5) is 26.4. The second-order valence-corrected chi connectivity index (χ2v) is 5.95. The summed E-state index contributed by atoms with van der Waals surface area (Å²) in [6.07, 6.45) is 0.102. The molecule has 2 rings (SSSR count). The number of carbonyl (C=O) groups is 1. The van der Waals surface area contributed by atoms with Crippen molar-refractivity contribution in [1.82, 2.24) is 14.7 Å². The van der Waals surface area contributed by atoms with Crippen LogP contribution in [0.2, 0.25) is 0 Å². The Balaban J connectivity index is 2.14. The molecule has 0 radical (unpaired) electrons. The number of hydrogen-bond donors (Lipinski definition) is 4. The number of hydrogen-bond acceptors (Lipinski definition) is 4. The summed E-state index contributed by atoms with van der Waals surface area (Å²) in [6.45, 7) is 0.0380. The van der Waals surface area contributed by atoms with Gasteiger partial charge in [-0.2, -0.15) is 0 Å². The van der Waals surface area contributed by atoms with E-state index in [0.717, 1.165) is 0 Å². The molecule has 0 aliphatic rings. The zero-order valence-electron chi connectivity index (χ0n) is 10.3. The molecule has 108 valence electrons. The van der Waals surface area contributed by atoms with Crippen LogP contribution in [0.1, 0.15) is 12.8 Å². The number of carboxylic acid groups (broad SMARTS) is 1. The molecule has 4 N–H and O–H groups in total. The Hall–Kier alpha value is -2.13. The van der Waals surface area contributed by atoms with E-state index in [-0.39, 0.29) is 24.3 Å². The minimum Gasteiger partial charge on any atom is -0.481 e. The van der Waals surface area contributed by atoms with Crippen molar-refractivity contribution in [2.24, 2.45) is 0 Å². The van der Waals surface area contributed by atoms with Gasteiger partial charge in [-0.15, -0.1) is 0 Å². The third-order valence-corrected chi connectivity index (χ3v) is 4.12. The first kappa shape index (κ1) is 14.3. The smallest absolute Gasteiger partial charge is 0.323 e. The lowest BCUT2D eigenvalue weighted by atomic mass is 10.3. The average Bonchev–Trinajstić information content (AvgIpc) is 2.73. The summed E-state index contributed by atoms with van der Waals surface area (Å²) in [5.41, 5.74) is 0.493. The van der Waals surface area contributed by atoms with E-state index in [1.165, 1.54) is 18.2 Å². The highest BCUT2D eigenvalue weighted by Gasteiger charge is 2.14. The summed E-state index contributed by atoms with van der Waals surface area (Å²) in [7, 11) is -3.72. The largest absolute Gasteiger partial charge is 0.481 e. The Morgan fingerprint density at radius 1 is 1.25 bits per heavy atom. The molecule has 0 atom stereocenters. The van der Waals surface area contributed by atoms with Crippen molar-refractivity contribution >= 4 is 27.0 Å². The molecule has 0 fully saturated rings. The Kier molecular flexibility index (Phi) is 3.91. The maximum absolute atomic E-state index is 12.0. The first-order valence-corrected chi connectivity index (χ1v) is 7.30. The maximum Gasteiger partial charge on any atom is 0.323 e. The number of fused-ring (bicyclic) bond motifs is 1. The summed E-state index contributed by atoms with van der Waals surface area (Å²) in [5, 5.41) is 8.47. The average molecular weight is 299 g/mol. The van der Waals surface area contributed by atoms with Crippen molar-refractivity contribution in [3.05, 3.63) is 28.7 Å². The van der Waals surface area contributed by atoms with Crippen molar-refractivity contribution in [2.75, 3.05) is 6.54 Å². The van der Waals surface area contributed by atoms with E-state index < -0.39 is 21.7 Å². The molecule has 0 saturated heterocycles. The van der Waals surface area contributed by atoms with E-state index in [2.05, 4.69) is 14.7 Å². The first-order chi connectivity index (χ1) is 9.38. The first-order valence-electron chi connectivity index (χ1n) is 5.82. The molecule has 0 spiro atoms. The van der Waals surface area contributed by atoms with Crippen molar-refractivity contribution < 1.29 is 18.3 Å². The molecule has 1 heterocycles. The number of benzene rings is 1. The van der Waals surface area contributed by atoms with Gasteiger partial charge >= 0.3 is 11.7 Å². The van der Waals surface area contributed by atoms with Crippen LogP contribution in [0.25, 0.3) is 11.0 Å². The van der Waals surface area contributed by atoms with Gasteiger partial charge < -0.3 is 15.1 Å². The van der Waals surface area contributed by atoms with E-state index in [4.69, 9.17) is 5.11 Å². The highest BCUT2D eigenvalue weighted by Crippen LogP contribution is 2.14. The number of aliphatic carboxylic acids is 1. The predicted octanol–water partition coefficient (Wildman–Crippen LogP) is -0.000700. The fraction of sp³-hybridized carbons (Fsp3) is 0.273. The zero-order valence-corrected chi connectivity index (χ0v) is 11.2. The van der Waals surface area contributed by atoms with Gasteiger partial charge in [0.1, 0.15) is 0 Å². The number of rotatable bonds is 6. The van der Waals surface area contributed by atoms with Gasteiger partial charge in [0.15, 0.2) is 0 Å². The lowest BCUT2D eigenvalue weighted by molar-refractivity contribution is -0.137. The molecule has 0 amide bonds. The van der Waals surface area contributed by atoms with Gasteiger partial charge in [-0.1, -0.05) is 0 Å². The van der Waals surface area contributed by atoms with Gasteiger partial charge in [0.2, 0.25) is 10.0 Å². The molecule has 0 saturated carbocycles. The van der Waals surface area contributed by atoms with Crippen LogP contribution in [-0.2, 0) is 14.8 Å². The quantitative estimate of drug-likeness (QED) is 0.557. The van der Waals surface area contributed by atoms with Crippen LogP contribution in [0.15, 0.2) is 27.9 Å². The summed E-state index contributed by atoms with van der Waals surface area (Å²) in [6, 6.07) is 4.19. The molecule has 0 aliphatic carbocycles. The SMILES string of the molecule is O=C(O)CCCNS(=O)(=O)c1ccc2[nH]c(=O)[nH]c2c1. The fourth-order valence-electron chi connectivity index (χ4n) is 1.71. The number of carboxylic acids is 1. The number of aromatic nitrogens is 2. The highest BCUT2D eigenvalue weighted by molar-refractivity contribution is 7.89. The van der Waals surface area contributed by atoms with Gasteiger partial charge in [-0.3, -0.25) is 4.79 Å². The predicted molar refractivity (Wildman–Crippen MR) is 71.0 cm³/mol. The third kappa shape index (κ3) is 3.25. The number of nitrogens with one attached hydrogen (secondary N) is 3. The van der Waals surface area contributed by atoms with Crippen molar-refractivity contribution in [3.63, 3.8) is 0 Å². The summed E-state index contributed by atoms with van der Waals surface area (Å²) in [5.74, 6) is -0.976. The molecule has 0 unspecified atom stereocenters. The van der Waals surface area contributed by atoms with Gasteiger partial charge in [0, 0.05) is 13.0 Å². The van der Waals surface area contributed by atoms with Crippen LogP contribution in [0.5, 0.6) is 0 Å². The number of aromatic amines is 2. The van der Waals surface area contributed by atoms with Crippen molar-refractivity contribution in [1.29, 1.82) is 0 Å². The molecule has 0 aliphatic heterocycles. The molecule has 8 nitrogen and oxygen atoms in total. The van der Waals surface area contributed by atoms with E-state index >= 15 is 0 Å². The second-order valence-electron chi connectivity index (χ2n) is 4.18. The molecular weight excluding hydrogens is 286 g/mol. The summed E-state index contributed by atoms with van der Waals surface area (Å²) < 4.78 is 26.2. The number of imidazole rings is 1. The molecule has 9 heteroatoms. The van der Waals surface area contributed by atoms with E-state index in [1.807, 2.05) is 0 Å². The number of sulfonamides is 1. The topological polar surface area (TPSA) is 132 Å². The third-order valence-electron chi connectivity index (χ3n) is 2.66. The second kappa shape index (κ2) is 5.47. The Morgan fingerprint density at radius 2 is 1.95 bits per heavy atom. The lowest BCUT2D eigenvalue weighted by Gasteiger charge is -2.05. The van der Waals surface area contributed by atoms with E-state index in [0.29, 0.717) is 11.0 Å². The zero-order chi connectivity index (χ0) is 14.8. The normalized spacial score (nSPS) is 11.8. The molecule has 0 bridgehead atoms. The lowest BCUT2D eigenvalue weighted by Crippen LogP contribution is -2.25. The molecule has 1 aromatic heterocycles. The van der Waals surface area contributed by atoms with Gasteiger partial charge in [-0.25, -0.2) is 17.9 Å². The Bertz CT molecular complexity index is 790. The van der Waals surface area contributed by atoms with Crippen LogP contribution in [0.3, 0.4) is 0 Å². The maximum atomic E-state index is 12.0. The Morgan fingerprint density at radius 3 is 2.65 bits per heavy atom. The minimum atomic E-state index is -3.72. The van der Waals surface area contributed by atoms with Crippen molar-refractivity contribution in [3.8, 4) is 0 Å². The minimum absolute atomic E-state index is 0.00979. The van der Waals surface area contributed by atoms with E-state index in [1.54, 1.807) is 0 Å². The standard InChI is InChI=1S/C11H13N3O5S/c15-10(16)2-1-5-12-20(18,19)7-3-4-8-9(6-7)14-11(17)13-8/h3-4,6,12H,1-2,5H2,(H,15,16)(H2,13,14,17). The van der Waals surface area contributed by atoms with Gasteiger partial charge in [0.05, 0.1) is 15.9 Å². The molecule has 2 aromatic rings. The van der Waals surface area contributed by atoms with Crippen LogP contribution in [-0.4, -0.2) is 36.0 Å². The fourth-order valence-corrected chi connectivity index (χ4v) is 2.81. The van der Waals surface area contributed by atoms with Crippen LogP contribution < -0.4 is 10.4 Å². The molecule has 1 aromatic carbocycles. The Labute approximate surface area is 113 Å². The van der Waals surface area contributed by atoms with Crippen LogP contribution in [0, 0.1) is 0 Å². The van der Waals surface area contributed by atoms with Gasteiger partial charge in [0.25, 0.3) is 0 Å². The molecule has 20 heavy (non-hydrogen) atoms. The van der Waals surface area contributed by atoms with Crippen LogP contribution in [0.4, 0.5) is 0 Å². The van der Waals surface area contributed by atoms with Crippen LogP contribution >= 0.6 is 0 Å². The van der Waals surface area contributed by atoms with Crippen molar-refractivity contribution in [2.45, 2.75) is 17.7 Å². The molecular formula is C11H13N3O5S.